The molecule has 0 bridgehead atoms. The molecule has 0 spiro atoms. The van der Waals surface area contributed by atoms with Crippen molar-refractivity contribution in [1.29, 1.82) is 0 Å². The van der Waals surface area contributed by atoms with Crippen LogP contribution in [0.1, 0.15) is 31.7 Å². The molecule has 2 atom stereocenters. The van der Waals surface area contributed by atoms with Gasteiger partial charge in [0.2, 0.25) is 0 Å². The standard InChI is InChI=1S/C15H21Br2NOS/c1-3-20-12-5-4-11(8-12)18-9-10-6-13(16)15(19-2)14(17)7-10/h6-7,11-12,18H,3-5,8-9H2,1-2H3. The minimum absolute atomic E-state index is 0.665. The summed E-state index contributed by atoms with van der Waals surface area (Å²) in [5, 5.41) is 4.54. The Morgan fingerprint density at radius 3 is 2.60 bits per heavy atom. The van der Waals surface area contributed by atoms with E-state index in [1.165, 1.54) is 30.6 Å². The zero-order valence-electron chi connectivity index (χ0n) is 11.9. The molecular formula is C15H21Br2NOS. The van der Waals surface area contributed by atoms with Crippen LogP contribution in [0.4, 0.5) is 0 Å². The summed E-state index contributed by atoms with van der Waals surface area (Å²) in [5.41, 5.74) is 1.27. The summed E-state index contributed by atoms with van der Waals surface area (Å²) in [4.78, 5) is 0. The summed E-state index contributed by atoms with van der Waals surface area (Å²) in [6, 6.07) is 4.92. The summed E-state index contributed by atoms with van der Waals surface area (Å²) in [6.45, 7) is 3.16. The van der Waals surface area contributed by atoms with E-state index < -0.39 is 0 Å². The van der Waals surface area contributed by atoms with Crippen LogP contribution in [0.25, 0.3) is 0 Å². The number of hydrogen-bond acceptors (Lipinski definition) is 3. The molecule has 1 saturated carbocycles. The zero-order chi connectivity index (χ0) is 14.5. The third kappa shape index (κ3) is 4.39. The van der Waals surface area contributed by atoms with Crippen molar-refractivity contribution in [2.24, 2.45) is 0 Å². The van der Waals surface area contributed by atoms with E-state index in [4.69, 9.17) is 4.74 Å². The van der Waals surface area contributed by atoms with Gasteiger partial charge in [0.25, 0.3) is 0 Å². The molecule has 1 aromatic carbocycles. The predicted molar refractivity (Wildman–Crippen MR) is 94.8 cm³/mol. The number of halogens is 2. The number of nitrogens with one attached hydrogen (secondary N) is 1. The van der Waals surface area contributed by atoms with Gasteiger partial charge in [0.1, 0.15) is 5.75 Å². The number of thioether (sulfide) groups is 1. The molecule has 1 N–H and O–H groups in total. The van der Waals surface area contributed by atoms with Gasteiger partial charge in [0, 0.05) is 17.8 Å². The SMILES string of the molecule is CCSC1CCC(NCc2cc(Br)c(OC)c(Br)c2)C1. The van der Waals surface area contributed by atoms with Crippen LogP contribution in [0.15, 0.2) is 21.1 Å². The van der Waals surface area contributed by atoms with E-state index in [2.05, 4.69) is 68.0 Å². The highest BCUT2D eigenvalue weighted by Crippen LogP contribution is 2.35. The summed E-state index contributed by atoms with van der Waals surface area (Å²) in [5.74, 6) is 2.09. The van der Waals surface area contributed by atoms with Crippen LogP contribution >= 0.6 is 43.6 Å². The summed E-state index contributed by atoms with van der Waals surface area (Å²) in [7, 11) is 1.69. The van der Waals surface area contributed by atoms with Crippen LogP contribution in [0.5, 0.6) is 5.75 Å². The summed E-state index contributed by atoms with van der Waals surface area (Å²) >= 11 is 9.21. The van der Waals surface area contributed by atoms with Gasteiger partial charge in [0.15, 0.2) is 0 Å². The second kappa shape index (κ2) is 8.06. The molecule has 1 aromatic rings. The van der Waals surface area contributed by atoms with E-state index in [0.717, 1.165) is 26.5 Å². The molecule has 0 aromatic heterocycles. The van der Waals surface area contributed by atoms with Crippen molar-refractivity contribution < 1.29 is 4.74 Å². The van der Waals surface area contributed by atoms with Gasteiger partial charge >= 0.3 is 0 Å². The van der Waals surface area contributed by atoms with Crippen LogP contribution < -0.4 is 10.1 Å². The van der Waals surface area contributed by atoms with Crippen molar-refractivity contribution in [3.8, 4) is 5.75 Å². The Bertz CT molecular complexity index is 432. The van der Waals surface area contributed by atoms with Crippen LogP contribution in [-0.4, -0.2) is 24.2 Å². The Labute approximate surface area is 142 Å². The van der Waals surface area contributed by atoms with Crippen LogP contribution in [0, 0.1) is 0 Å². The molecule has 1 fully saturated rings. The molecular weight excluding hydrogens is 402 g/mol. The average molecular weight is 423 g/mol. The molecule has 0 aliphatic heterocycles. The van der Waals surface area contributed by atoms with E-state index >= 15 is 0 Å². The predicted octanol–water partition coefficient (Wildman–Crippen LogP) is 4.98. The summed E-state index contributed by atoms with van der Waals surface area (Å²) in [6.07, 6.45) is 3.96. The van der Waals surface area contributed by atoms with Crippen LogP contribution in [0.2, 0.25) is 0 Å². The molecule has 5 heteroatoms. The van der Waals surface area contributed by atoms with Gasteiger partial charge in [-0.2, -0.15) is 11.8 Å². The number of rotatable bonds is 6. The third-order valence-electron chi connectivity index (χ3n) is 3.64. The fraction of sp³-hybridized carbons (Fsp3) is 0.600. The Morgan fingerprint density at radius 2 is 2.00 bits per heavy atom. The minimum Gasteiger partial charge on any atom is -0.494 e. The van der Waals surface area contributed by atoms with Gasteiger partial charge in [-0.05, 0) is 74.6 Å². The Kier molecular flexibility index (Phi) is 6.72. The largest absolute Gasteiger partial charge is 0.494 e. The molecule has 0 heterocycles. The second-order valence-corrected chi connectivity index (χ2v) is 8.35. The first-order valence-corrected chi connectivity index (χ1v) is 9.64. The van der Waals surface area contributed by atoms with Crippen LogP contribution in [0.3, 0.4) is 0 Å². The van der Waals surface area contributed by atoms with Gasteiger partial charge < -0.3 is 10.1 Å². The zero-order valence-corrected chi connectivity index (χ0v) is 15.9. The molecule has 2 rings (SSSR count). The molecule has 2 nitrogen and oxygen atoms in total. The van der Waals surface area contributed by atoms with Gasteiger partial charge in [0.05, 0.1) is 16.1 Å². The first-order valence-electron chi connectivity index (χ1n) is 7.01. The highest BCUT2D eigenvalue weighted by molar-refractivity contribution is 9.11. The van der Waals surface area contributed by atoms with E-state index in [1.54, 1.807) is 7.11 Å². The van der Waals surface area contributed by atoms with Crippen molar-refractivity contribution in [3.05, 3.63) is 26.6 Å². The number of benzene rings is 1. The van der Waals surface area contributed by atoms with E-state index in [9.17, 15) is 0 Å². The Hall–Kier alpha value is 0.290. The van der Waals surface area contributed by atoms with Crippen LogP contribution in [-0.2, 0) is 6.54 Å². The maximum Gasteiger partial charge on any atom is 0.147 e. The first kappa shape index (κ1) is 16.7. The molecule has 0 radical (unpaired) electrons. The monoisotopic (exact) mass is 421 g/mol. The molecule has 112 valence electrons. The molecule has 0 amide bonds. The number of ether oxygens (including phenoxy) is 1. The minimum atomic E-state index is 0.665. The summed E-state index contributed by atoms with van der Waals surface area (Å²) < 4.78 is 7.33. The number of hydrogen-bond donors (Lipinski definition) is 1. The average Bonchev–Trinajstić information content (AvgIpc) is 2.84. The van der Waals surface area contributed by atoms with Gasteiger partial charge in [-0.3, -0.25) is 0 Å². The Morgan fingerprint density at radius 1 is 1.30 bits per heavy atom. The highest BCUT2D eigenvalue weighted by atomic mass is 79.9. The van der Waals surface area contributed by atoms with Crippen molar-refractivity contribution >= 4 is 43.6 Å². The third-order valence-corrected chi connectivity index (χ3v) is 6.05. The Balaban J connectivity index is 1.89. The molecule has 1 aliphatic rings. The topological polar surface area (TPSA) is 21.3 Å². The smallest absolute Gasteiger partial charge is 0.147 e. The molecule has 2 unspecified atom stereocenters. The lowest BCUT2D eigenvalue weighted by Gasteiger charge is -2.14. The van der Waals surface area contributed by atoms with Crippen molar-refractivity contribution in [3.63, 3.8) is 0 Å². The van der Waals surface area contributed by atoms with E-state index in [1.807, 2.05) is 0 Å². The fourth-order valence-corrected chi connectivity index (χ4v) is 5.43. The van der Waals surface area contributed by atoms with Gasteiger partial charge in [-0.1, -0.05) is 6.92 Å². The normalized spacial score (nSPS) is 22.2. The maximum atomic E-state index is 5.33. The fourth-order valence-electron chi connectivity index (χ4n) is 2.68. The molecule has 0 saturated heterocycles. The van der Waals surface area contributed by atoms with Crippen molar-refractivity contribution in [1.82, 2.24) is 5.32 Å². The quantitative estimate of drug-likeness (QED) is 0.697. The van der Waals surface area contributed by atoms with Gasteiger partial charge in [-0.15, -0.1) is 0 Å². The lowest BCUT2D eigenvalue weighted by atomic mass is 10.2. The highest BCUT2D eigenvalue weighted by Gasteiger charge is 2.24. The first-order chi connectivity index (χ1) is 9.63. The number of methoxy groups -OCH3 is 1. The molecule has 1 aliphatic carbocycles. The van der Waals surface area contributed by atoms with Gasteiger partial charge in [-0.25, -0.2) is 0 Å². The van der Waals surface area contributed by atoms with E-state index in [-0.39, 0.29) is 0 Å². The lowest BCUT2D eigenvalue weighted by Crippen LogP contribution is -2.26. The second-order valence-electron chi connectivity index (χ2n) is 5.06. The van der Waals surface area contributed by atoms with Crippen molar-refractivity contribution in [2.45, 2.75) is 44.0 Å². The van der Waals surface area contributed by atoms with E-state index in [0.29, 0.717) is 6.04 Å². The van der Waals surface area contributed by atoms with Crippen molar-refractivity contribution in [2.75, 3.05) is 12.9 Å². The maximum absolute atomic E-state index is 5.33. The molecule has 20 heavy (non-hydrogen) atoms. The lowest BCUT2D eigenvalue weighted by molar-refractivity contribution is 0.409.